The first-order valence-corrected chi connectivity index (χ1v) is 8.78. The van der Waals surface area contributed by atoms with Crippen molar-refractivity contribution < 1.29 is 8.42 Å². The molecule has 1 aromatic carbocycles. The van der Waals surface area contributed by atoms with E-state index < -0.39 is 10.0 Å². The number of sulfonamides is 1. The zero-order valence-electron chi connectivity index (χ0n) is 12.9. The first-order chi connectivity index (χ1) is 11.5. The molecular weight excluding hydrogens is 326 g/mol. The fourth-order valence-electron chi connectivity index (χ4n) is 2.39. The molecule has 0 unspecified atom stereocenters. The minimum absolute atomic E-state index is 0.174. The number of nitrogens with zero attached hydrogens (tertiary/aromatic N) is 4. The topological polar surface area (TPSA) is 121 Å². The van der Waals surface area contributed by atoms with E-state index in [0.29, 0.717) is 18.8 Å². The largest absolute Gasteiger partial charge is 0.345 e. The van der Waals surface area contributed by atoms with Crippen molar-refractivity contribution in [3.05, 3.63) is 35.5 Å². The molecule has 1 fully saturated rings. The van der Waals surface area contributed by atoms with Crippen molar-refractivity contribution in [1.29, 1.82) is 15.8 Å². The maximum atomic E-state index is 12.5. The molecule has 1 aliphatic rings. The highest BCUT2D eigenvalue weighted by Gasteiger charge is 2.25. The molecule has 0 saturated carbocycles. The van der Waals surface area contributed by atoms with E-state index >= 15 is 0 Å². The summed E-state index contributed by atoms with van der Waals surface area (Å²) in [5, 5.41) is 29.2. The minimum atomic E-state index is -3.51. The van der Waals surface area contributed by atoms with Crippen LogP contribution in [0.25, 0.3) is 0 Å². The van der Waals surface area contributed by atoms with E-state index in [1.165, 1.54) is 28.6 Å². The highest BCUT2D eigenvalue weighted by molar-refractivity contribution is 7.89. The molecule has 0 bridgehead atoms. The Morgan fingerprint density at radius 3 is 2.04 bits per heavy atom. The van der Waals surface area contributed by atoms with Gasteiger partial charge in [0.05, 0.1) is 4.90 Å². The van der Waals surface area contributed by atoms with Crippen molar-refractivity contribution in [2.75, 3.05) is 18.4 Å². The van der Waals surface area contributed by atoms with Gasteiger partial charge < -0.3 is 5.32 Å². The highest BCUT2D eigenvalue weighted by Crippen LogP contribution is 2.22. The predicted molar refractivity (Wildman–Crippen MR) is 86.5 cm³/mol. The van der Waals surface area contributed by atoms with E-state index in [1.54, 1.807) is 18.2 Å². The van der Waals surface area contributed by atoms with Crippen LogP contribution in [-0.4, -0.2) is 25.8 Å². The van der Waals surface area contributed by atoms with Crippen molar-refractivity contribution in [2.24, 2.45) is 0 Å². The summed E-state index contributed by atoms with van der Waals surface area (Å²) in [6.07, 6.45) is 2.76. The second-order valence-corrected chi connectivity index (χ2v) is 7.14. The van der Waals surface area contributed by atoms with E-state index in [9.17, 15) is 8.42 Å². The third-order valence-electron chi connectivity index (χ3n) is 3.66. The molecule has 7 nitrogen and oxygen atoms in total. The summed E-state index contributed by atoms with van der Waals surface area (Å²) < 4.78 is 26.5. The van der Waals surface area contributed by atoms with Crippen molar-refractivity contribution >= 4 is 15.7 Å². The molecule has 0 aromatic heterocycles. The summed E-state index contributed by atoms with van der Waals surface area (Å²) >= 11 is 0. The summed E-state index contributed by atoms with van der Waals surface area (Å²) in [5.41, 5.74) is -0.0821. The molecule has 1 aromatic rings. The Morgan fingerprint density at radius 1 is 0.958 bits per heavy atom. The molecule has 1 aliphatic heterocycles. The Hall–Kier alpha value is -2.86. The lowest BCUT2D eigenvalue weighted by molar-refractivity contribution is 0.346. The quantitative estimate of drug-likeness (QED) is 0.837. The number of benzene rings is 1. The Morgan fingerprint density at radius 2 is 1.54 bits per heavy atom. The SMILES string of the molecule is N#CC(C#N)=C(C#N)Nc1ccc(S(=O)(=O)N2CCCCC2)cc1. The number of piperidine rings is 1. The molecule has 122 valence electrons. The molecule has 2 rings (SSSR count). The van der Waals surface area contributed by atoms with Gasteiger partial charge in [0.2, 0.25) is 10.0 Å². The van der Waals surface area contributed by atoms with Gasteiger partial charge in [0.15, 0.2) is 5.57 Å². The van der Waals surface area contributed by atoms with Crippen LogP contribution < -0.4 is 5.32 Å². The monoisotopic (exact) mass is 341 g/mol. The Kier molecular flexibility index (Phi) is 5.55. The van der Waals surface area contributed by atoms with Crippen LogP contribution in [0.2, 0.25) is 0 Å². The number of nitrogens with one attached hydrogen (secondary N) is 1. The smallest absolute Gasteiger partial charge is 0.243 e. The van der Waals surface area contributed by atoms with Gasteiger partial charge in [0, 0.05) is 18.8 Å². The van der Waals surface area contributed by atoms with E-state index in [2.05, 4.69) is 5.32 Å². The maximum Gasteiger partial charge on any atom is 0.243 e. The van der Waals surface area contributed by atoms with Crippen molar-refractivity contribution in [1.82, 2.24) is 4.31 Å². The summed E-state index contributed by atoms with van der Waals surface area (Å²) in [6, 6.07) is 10.9. The average molecular weight is 341 g/mol. The Bertz CT molecular complexity index is 845. The van der Waals surface area contributed by atoms with Crippen molar-refractivity contribution in [2.45, 2.75) is 24.2 Å². The van der Waals surface area contributed by atoms with E-state index in [0.717, 1.165) is 19.3 Å². The second kappa shape index (κ2) is 7.61. The molecule has 0 spiro atoms. The molecule has 1 N–H and O–H groups in total. The van der Waals surface area contributed by atoms with Gasteiger partial charge in [0.25, 0.3) is 0 Å². The van der Waals surface area contributed by atoms with Gasteiger partial charge in [0.1, 0.15) is 23.9 Å². The number of hydrogen-bond acceptors (Lipinski definition) is 6. The lowest BCUT2D eigenvalue weighted by Gasteiger charge is -2.25. The fourth-order valence-corrected chi connectivity index (χ4v) is 3.91. The molecule has 0 aliphatic carbocycles. The third-order valence-corrected chi connectivity index (χ3v) is 5.57. The van der Waals surface area contributed by atoms with Crippen LogP contribution in [0.5, 0.6) is 0 Å². The lowest BCUT2D eigenvalue weighted by atomic mass is 10.2. The number of allylic oxidation sites excluding steroid dienone is 2. The Labute approximate surface area is 141 Å². The molecule has 0 atom stereocenters. The van der Waals surface area contributed by atoms with Crippen LogP contribution >= 0.6 is 0 Å². The van der Waals surface area contributed by atoms with Crippen LogP contribution in [0.4, 0.5) is 5.69 Å². The van der Waals surface area contributed by atoms with Crippen LogP contribution in [0, 0.1) is 34.0 Å². The summed E-state index contributed by atoms with van der Waals surface area (Å²) in [4.78, 5) is 0.179. The van der Waals surface area contributed by atoms with Gasteiger partial charge in [-0.2, -0.15) is 20.1 Å². The van der Waals surface area contributed by atoms with Gasteiger partial charge in [-0.15, -0.1) is 0 Å². The van der Waals surface area contributed by atoms with E-state index in [4.69, 9.17) is 15.8 Å². The standard InChI is InChI=1S/C16H15N5O2S/c17-10-13(11-18)16(12-19)20-14-4-6-15(7-5-14)24(22,23)21-8-2-1-3-9-21/h4-7,20H,1-3,8-9H2. The molecule has 1 heterocycles. The number of anilines is 1. The molecular formula is C16H15N5O2S. The van der Waals surface area contributed by atoms with Crippen LogP contribution in [0.3, 0.4) is 0 Å². The zero-order valence-corrected chi connectivity index (χ0v) is 13.7. The van der Waals surface area contributed by atoms with Crippen LogP contribution in [0.15, 0.2) is 40.4 Å². The van der Waals surface area contributed by atoms with Crippen molar-refractivity contribution in [3.63, 3.8) is 0 Å². The number of hydrogen-bond donors (Lipinski definition) is 1. The third kappa shape index (κ3) is 3.72. The fraction of sp³-hybridized carbons (Fsp3) is 0.312. The van der Waals surface area contributed by atoms with Crippen LogP contribution in [0.1, 0.15) is 19.3 Å². The molecule has 0 radical (unpaired) electrons. The number of rotatable bonds is 4. The summed E-state index contributed by atoms with van der Waals surface area (Å²) in [7, 11) is -3.51. The van der Waals surface area contributed by atoms with Gasteiger partial charge in [-0.25, -0.2) is 8.42 Å². The van der Waals surface area contributed by atoms with E-state index in [1.807, 2.05) is 0 Å². The average Bonchev–Trinajstić information content (AvgIpc) is 2.63. The summed E-state index contributed by atoms with van der Waals surface area (Å²) in [5.74, 6) is 0. The van der Waals surface area contributed by atoms with Crippen molar-refractivity contribution in [3.8, 4) is 18.2 Å². The molecule has 8 heteroatoms. The minimum Gasteiger partial charge on any atom is -0.345 e. The first-order valence-electron chi connectivity index (χ1n) is 7.34. The Balaban J connectivity index is 2.23. The molecule has 24 heavy (non-hydrogen) atoms. The van der Waals surface area contributed by atoms with E-state index in [-0.39, 0.29) is 16.2 Å². The van der Waals surface area contributed by atoms with Gasteiger partial charge in [-0.1, -0.05) is 6.42 Å². The highest BCUT2D eigenvalue weighted by atomic mass is 32.2. The van der Waals surface area contributed by atoms with Gasteiger partial charge >= 0.3 is 0 Å². The lowest BCUT2D eigenvalue weighted by Crippen LogP contribution is -2.35. The first kappa shape index (κ1) is 17.5. The molecule has 1 saturated heterocycles. The van der Waals surface area contributed by atoms with Gasteiger partial charge in [-0.05, 0) is 37.1 Å². The van der Waals surface area contributed by atoms with Crippen LogP contribution in [-0.2, 0) is 10.0 Å². The number of nitriles is 3. The zero-order chi connectivity index (χ0) is 17.6. The summed E-state index contributed by atoms with van der Waals surface area (Å²) in [6.45, 7) is 1.05. The second-order valence-electron chi connectivity index (χ2n) is 5.20. The van der Waals surface area contributed by atoms with Gasteiger partial charge in [-0.3, -0.25) is 0 Å². The predicted octanol–water partition coefficient (Wildman–Crippen LogP) is 2.10. The normalized spacial score (nSPS) is 14.7. The molecule has 0 amide bonds. The maximum absolute atomic E-state index is 12.5.